The van der Waals surface area contributed by atoms with Crippen LogP contribution in [0.4, 0.5) is 10.1 Å². The predicted octanol–water partition coefficient (Wildman–Crippen LogP) is 4.07. The third-order valence-corrected chi connectivity index (χ3v) is 3.99. The van der Waals surface area contributed by atoms with Crippen LogP contribution in [0.3, 0.4) is 0 Å². The van der Waals surface area contributed by atoms with Gasteiger partial charge in [-0.15, -0.1) is 0 Å². The minimum absolute atomic E-state index is 0.257. The minimum atomic E-state index is -0.257. The lowest BCUT2D eigenvalue weighted by Gasteiger charge is -2.36. The zero-order valence-corrected chi connectivity index (χ0v) is 11.4. The number of benzene rings is 1. The second-order valence-corrected chi connectivity index (χ2v) is 5.44. The summed E-state index contributed by atoms with van der Waals surface area (Å²) in [6.07, 6.45) is 3.79. The van der Waals surface area contributed by atoms with Gasteiger partial charge >= 0.3 is 0 Å². The third kappa shape index (κ3) is 2.95. The first-order chi connectivity index (χ1) is 8.60. The van der Waals surface area contributed by atoms with Gasteiger partial charge in [-0.25, -0.2) is 4.39 Å². The van der Waals surface area contributed by atoms with Crippen LogP contribution in [-0.2, 0) is 0 Å². The number of halogens is 1. The molecule has 0 aliphatic heterocycles. The van der Waals surface area contributed by atoms with Crippen molar-refractivity contribution < 1.29 is 9.13 Å². The molecule has 18 heavy (non-hydrogen) atoms. The van der Waals surface area contributed by atoms with Crippen molar-refractivity contribution in [3.8, 4) is 5.75 Å². The lowest BCUT2D eigenvalue weighted by molar-refractivity contribution is 0.268. The fourth-order valence-corrected chi connectivity index (χ4v) is 2.92. The van der Waals surface area contributed by atoms with Crippen molar-refractivity contribution >= 4 is 5.69 Å². The van der Waals surface area contributed by atoms with Crippen LogP contribution in [0.25, 0.3) is 0 Å². The molecule has 1 aliphatic carbocycles. The van der Waals surface area contributed by atoms with Crippen LogP contribution in [0.2, 0.25) is 0 Å². The zero-order valence-electron chi connectivity index (χ0n) is 11.4. The first-order valence-corrected chi connectivity index (χ1v) is 6.71. The van der Waals surface area contributed by atoms with Gasteiger partial charge in [-0.1, -0.05) is 20.3 Å². The molecule has 0 aromatic heterocycles. The molecule has 0 radical (unpaired) electrons. The highest BCUT2D eigenvalue weighted by molar-refractivity contribution is 5.49. The normalized spacial score (nSPS) is 27.9. The second-order valence-electron chi connectivity index (χ2n) is 5.44. The molecule has 2 atom stereocenters. The highest BCUT2D eigenvalue weighted by Crippen LogP contribution is 2.32. The third-order valence-electron chi connectivity index (χ3n) is 3.99. The van der Waals surface area contributed by atoms with Crippen LogP contribution >= 0.6 is 0 Å². The lowest BCUT2D eigenvalue weighted by atomic mass is 9.78. The molecule has 0 saturated heterocycles. The average Bonchev–Trinajstić information content (AvgIpc) is 2.33. The average molecular weight is 251 g/mol. The van der Waals surface area contributed by atoms with Crippen LogP contribution in [-0.4, -0.2) is 13.2 Å². The molecule has 1 N–H and O–H groups in total. The van der Waals surface area contributed by atoms with Gasteiger partial charge in [-0.3, -0.25) is 0 Å². The molecule has 1 aliphatic rings. The van der Waals surface area contributed by atoms with Crippen LogP contribution < -0.4 is 10.1 Å². The SMILES string of the molecule is COc1cc(F)cc(NC2C(C)CCCC2C)c1. The van der Waals surface area contributed by atoms with Gasteiger partial charge in [0.15, 0.2) is 0 Å². The first-order valence-electron chi connectivity index (χ1n) is 6.71. The van der Waals surface area contributed by atoms with E-state index in [0.717, 1.165) is 5.69 Å². The Morgan fingerprint density at radius 1 is 1.17 bits per heavy atom. The highest BCUT2D eigenvalue weighted by atomic mass is 19.1. The fraction of sp³-hybridized carbons (Fsp3) is 0.600. The van der Waals surface area contributed by atoms with Crippen LogP contribution in [0.15, 0.2) is 18.2 Å². The fourth-order valence-electron chi connectivity index (χ4n) is 2.92. The largest absolute Gasteiger partial charge is 0.497 e. The second kappa shape index (κ2) is 5.59. The van der Waals surface area contributed by atoms with Crippen molar-refractivity contribution in [2.24, 2.45) is 11.8 Å². The monoisotopic (exact) mass is 251 g/mol. The van der Waals surface area contributed by atoms with E-state index in [9.17, 15) is 4.39 Å². The Labute approximate surface area is 109 Å². The van der Waals surface area contributed by atoms with E-state index in [4.69, 9.17) is 4.74 Å². The Bertz CT molecular complexity index is 397. The van der Waals surface area contributed by atoms with E-state index < -0.39 is 0 Å². The molecular formula is C15H22FNO. The van der Waals surface area contributed by atoms with E-state index in [0.29, 0.717) is 23.6 Å². The smallest absolute Gasteiger partial charge is 0.128 e. The number of anilines is 1. The Morgan fingerprint density at radius 3 is 2.44 bits per heavy atom. The molecule has 1 saturated carbocycles. The topological polar surface area (TPSA) is 21.3 Å². The molecule has 0 spiro atoms. The number of rotatable bonds is 3. The van der Waals surface area contributed by atoms with Crippen molar-refractivity contribution in [2.75, 3.05) is 12.4 Å². The molecule has 3 heteroatoms. The summed E-state index contributed by atoms with van der Waals surface area (Å²) >= 11 is 0. The summed E-state index contributed by atoms with van der Waals surface area (Å²) in [5, 5.41) is 3.48. The summed E-state index contributed by atoms with van der Waals surface area (Å²) in [5.74, 6) is 1.56. The molecule has 0 bridgehead atoms. The summed E-state index contributed by atoms with van der Waals surface area (Å²) in [6, 6.07) is 5.22. The van der Waals surface area contributed by atoms with Crippen molar-refractivity contribution in [1.82, 2.24) is 0 Å². The number of hydrogen-bond acceptors (Lipinski definition) is 2. The van der Waals surface area contributed by atoms with Crippen molar-refractivity contribution in [3.63, 3.8) is 0 Å². The van der Waals surface area contributed by atoms with E-state index in [1.165, 1.54) is 31.4 Å². The molecule has 0 heterocycles. The molecule has 100 valence electrons. The predicted molar refractivity (Wildman–Crippen MR) is 72.5 cm³/mol. The maximum atomic E-state index is 13.4. The summed E-state index contributed by atoms with van der Waals surface area (Å²) in [7, 11) is 1.56. The van der Waals surface area contributed by atoms with Crippen molar-refractivity contribution in [3.05, 3.63) is 24.0 Å². The maximum absolute atomic E-state index is 13.4. The van der Waals surface area contributed by atoms with Crippen molar-refractivity contribution in [2.45, 2.75) is 39.2 Å². The Balaban J connectivity index is 2.14. The van der Waals surface area contributed by atoms with Gasteiger partial charge in [0.25, 0.3) is 0 Å². The number of nitrogens with one attached hydrogen (secondary N) is 1. The molecule has 2 nitrogen and oxygen atoms in total. The summed E-state index contributed by atoms with van der Waals surface area (Å²) in [6.45, 7) is 4.54. The number of ether oxygens (including phenoxy) is 1. The van der Waals surface area contributed by atoms with Crippen molar-refractivity contribution in [1.29, 1.82) is 0 Å². The van der Waals surface area contributed by atoms with E-state index in [-0.39, 0.29) is 5.82 Å². The molecule has 1 aromatic rings. The standard InChI is InChI=1S/C15H22FNO/c1-10-5-4-6-11(2)15(10)17-13-7-12(16)8-14(9-13)18-3/h7-11,15,17H,4-6H2,1-3H3. The van der Waals surface area contributed by atoms with Gasteiger partial charge in [-0.05, 0) is 30.7 Å². The summed E-state index contributed by atoms with van der Waals surface area (Å²) in [5.41, 5.74) is 0.817. The molecule has 2 rings (SSSR count). The molecule has 1 fully saturated rings. The summed E-state index contributed by atoms with van der Waals surface area (Å²) < 4.78 is 18.5. The quantitative estimate of drug-likeness (QED) is 0.874. The van der Waals surface area contributed by atoms with E-state index in [2.05, 4.69) is 19.2 Å². The molecule has 1 aromatic carbocycles. The van der Waals surface area contributed by atoms with E-state index in [1.807, 2.05) is 6.07 Å². The first kappa shape index (κ1) is 13.2. The Morgan fingerprint density at radius 2 is 1.83 bits per heavy atom. The minimum Gasteiger partial charge on any atom is -0.497 e. The molecule has 0 amide bonds. The number of hydrogen-bond donors (Lipinski definition) is 1. The Kier molecular flexibility index (Phi) is 4.10. The zero-order chi connectivity index (χ0) is 13.1. The van der Waals surface area contributed by atoms with Crippen LogP contribution in [0, 0.1) is 17.7 Å². The molecular weight excluding hydrogens is 229 g/mol. The van der Waals surface area contributed by atoms with Gasteiger partial charge in [0.05, 0.1) is 7.11 Å². The number of methoxy groups -OCH3 is 1. The molecule has 2 unspecified atom stereocenters. The van der Waals surface area contributed by atoms with Gasteiger partial charge in [0, 0.05) is 23.9 Å². The van der Waals surface area contributed by atoms with Crippen LogP contribution in [0.1, 0.15) is 33.1 Å². The van der Waals surface area contributed by atoms with Gasteiger partial charge in [-0.2, -0.15) is 0 Å². The Hall–Kier alpha value is -1.25. The van der Waals surface area contributed by atoms with Gasteiger partial charge in [0.2, 0.25) is 0 Å². The van der Waals surface area contributed by atoms with E-state index >= 15 is 0 Å². The van der Waals surface area contributed by atoms with E-state index in [1.54, 1.807) is 7.11 Å². The highest BCUT2D eigenvalue weighted by Gasteiger charge is 2.27. The summed E-state index contributed by atoms with van der Waals surface area (Å²) in [4.78, 5) is 0. The maximum Gasteiger partial charge on any atom is 0.128 e. The lowest BCUT2D eigenvalue weighted by Crippen LogP contribution is -2.37. The van der Waals surface area contributed by atoms with Gasteiger partial charge < -0.3 is 10.1 Å². The van der Waals surface area contributed by atoms with Gasteiger partial charge in [0.1, 0.15) is 11.6 Å². The van der Waals surface area contributed by atoms with Crippen LogP contribution in [0.5, 0.6) is 5.75 Å².